The highest BCUT2D eigenvalue weighted by Crippen LogP contribution is 2.29. The van der Waals surface area contributed by atoms with Gasteiger partial charge in [-0.2, -0.15) is 5.26 Å². The molecule has 2 aliphatic rings. The summed E-state index contributed by atoms with van der Waals surface area (Å²) in [5.74, 6) is -0.289. The Morgan fingerprint density at radius 2 is 1.89 bits per heavy atom. The highest BCUT2D eigenvalue weighted by atomic mass is 35.5. The standard InChI is InChI=1S/C20H17ClN4O2/c21-18-16-11-13(5-6-15(16)19(26)23-18)20(27)25-9-7-24(8-10-25)17-4-2-1-3-14(17)12-22/h1-6,11,18H,7-10H2,(H,23,26). The predicted molar refractivity (Wildman–Crippen MR) is 102 cm³/mol. The summed E-state index contributed by atoms with van der Waals surface area (Å²) in [6.45, 7) is 2.45. The summed E-state index contributed by atoms with van der Waals surface area (Å²) in [5.41, 5.74) is 2.64. The summed E-state index contributed by atoms with van der Waals surface area (Å²) in [4.78, 5) is 28.5. The van der Waals surface area contributed by atoms with Crippen LogP contribution in [0.2, 0.25) is 0 Å². The topological polar surface area (TPSA) is 76.4 Å². The van der Waals surface area contributed by atoms with Gasteiger partial charge in [-0.25, -0.2) is 0 Å². The summed E-state index contributed by atoms with van der Waals surface area (Å²) >= 11 is 6.13. The van der Waals surface area contributed by atoms with Gasteiger partial charge in [0.1, 0.15) is 11.6 Å². The molecule has 2 amide bonds. The van der Waals surface area contributed by atoms with Crippen LogP contribution in [0.4, 0.5) is 5.69 Å². The highest BCUT2D eigenvalue weighted by molar-refractivity contribution is 6.24. The van der Waals surface area contributed by atoms with E-state index in [1.807, 2.05) is 18.2 Å². The van der Waals surface area contributed by atoms with E-state index in [1.165, 1.54) is 0 Å². The van der Waals surface area contributed by atoms with Crippen LogP contribution in [0.5, 0.6) is 0 Å². The van der Waals surface area contributed by atoms with Crippen LogP contribution in [-0.4, -0.2) is 42.9 Å². The smallest absolute Gasteiger partial charge is 0.253 e. The van der Waals surface area contributed by atoms with E-state index in [9.17, 15) is 14.9 Å². The fourth-order valence-electron chi connectivity index (χ4n) is 3.56. The summed E-state index contributed by atoms with van der Waals surface area (Å²) < 4.78 is 0. The van der Waals surface area contributed by atoms with E-state index in [-0.39, 0.29) is 11.8 Å². The first kappa shape index (κ1) is 17.4. The Bertz CT molecular complexity index is 961. The molecule has 0 aliphatic carbocycles. The van der Waals surface area contributed by atoms with Crippen LogP contribution in [0, 0.1) is 11.3 Å². The van der Waals surface area contributed by atoms with Crippen molar-refractivity contribution >= 4 is 29.1 Å². The third-order valence-corrected chi connectivity index (χ3v) is 5.35. The lowest BCUT2D eigenvalue weighted by Crippen LogP contribution is -2.49. The molecular formula is C20H17ClN4O2. The second kappa shape index (κ2) is 6.93. The van der Waals surface area contributed by atoms with Gasteiger partial charge in [0, 0.05) is 42.9 Å². The molecule has 1 unspecified atom stereocenters. The number of anilines is 1. The third kappa shape index (κ3) is 3.11. The van der Waals surface area contributed by atoms with Gasteiger partial charge in [-0.05, 0) is 30.3 Å². The number of rotatable bonds is 2. The van der Waals surface area contributed by atoms with Crippen LogP contribution < -0.4 is 10.2 Å². The molecule has 0 saturated carbocycles. The van der Waals surface area contributed by atoms with E-state index >= 15 is 0 Å². The molecule has 2 aromatic rings. The second-order valence-corrected chi connectivity index (χ2v) is 6.98. The van der Waals surface area contributed by atoms with Crippen molar-refractivity contribution < 1.29 is 9.59 Å². The van der Waals surface area contributed by atoms with Gasteiger partial charge in [0.2, 0.25) is 0 Å². The summed E-state index contributed by atoms with van der Waals surface area (Å²) in [5, 5.41) is 11.9. The van der Waals surface area contributed by atoms with Gasteiger partial charge < -0.3 is 15.1 Å². The van der Waals surface area contributed by atoms with Gasteiger partial charge in [0.15, 0.2) is 0 Å². The van der Waals surface area contributed by atoms with Crippen molar-refractivity contribution in [3.63, 3.8) is 0 Å². The maximum atomic E-state index is 12.9. The number of carbonyl (C=O) groups excluding carboxylic acids is 2. The SMILES string of the molecule is N#Cc1ccccc1N1CCN(C(=O)c2ccc3c(c2)C(Cl)NC3=O)CC1. The van der Waals surface area contributed by atoms with Gasteiger partial charge in [-0.3, -0.25) is 9.59 Å². The van der Waals surface area contributed by atoms with Gasteiger partial charge >= 0.3 is 0 Å². The largest absolute Gasteiger partial charge is 0.367 e. The highest BCUT2D eigenvalue weighted by Gasteiger charge is 2.29. The minimum absolute atomic E-state index is 0.0748. The maximum absolute atomic E-state index is 12.9. The lowest BCUT2D eigenvalue weighted by Gasteiger charge is -2.36. The van der Waals surface area contributed by atoms with Crippen molar-refractivity contribution in [2.75, 3.05) is 31.1 Å². The number of alkyl halides is 1. The number of carbonyl (C=O) groups is 2. The molecule has 0 bridgehead atoms. The Kier molecular flexibility index (Phi) is 4.46. The summed E-state index contributed by atoms with van der Waals surface area (Å²) in [7, 11) is 0. The number of nitrogens with zero attached hydrogens (tertiary/aromatic N) is 3. The zero-order chi connectivity index (χ0) is 19.0. The summed E-state index contributed by atoms with van der Waals surface area (Å²) in [6.07, 6.45) is 0. The van der Waals surface area contributed by atoms with Crippen LogP contribution in [0.15, 0.2) is 42.5 Å². The molecule has 1 saturated heterocycles. The Balaban J connectivity index is 1.47. The molecule has 0 aromatic heterocycles. The van der Waals surface area contributed by atoms with E-state index in [4.69, 9.17) is 11.6 Å². The number of nitriles is 1. The average molecular weight is 381 g/mol. The third-order valence-electron chi connectivity index (χ3n) is 5.01. The first-order valence-corrected chi connectivity index (χ1v) is 9.14. The molecule has 0 radical (unpaired) electrons. The quantitative estimate of drug-likeness (QED) is 0.641. The van der Waals surface area contributed by atoms with Crippen LogP contribution in [0.1, 0.15) is 37.3 Å². The monoisotopic (exact) mass is 380 g/mol. The predicted octanol–water partition coefficient (Wildman–Crippen LogP) is 2.50. The average Bonchev–Trinajstić information content (AvgIpc) is 3.00. The number of hydrogen-bond donors (Lipinski definition) is 1. The van der Waals surface area contributed by atoms with Crippen molar-refractivity contribution in [3.8, 4) is 6.07 Å². The van der Waals surface area contributed by atoms with Gasteiger partial charge in [-0.1, -0.05) is 23.7 Å². The van der Waals surface area contributed by atoms with Gasteiger partial charge in [0.05, 0.1) is 11.3 Å². The Labute approximate surface area is 161 Å². The van der Waals surface area contributed by atoms with Crippen LogP contribution in [0.3, 0.4) is 0 Å². The lowest BCUT2D eigenvalue weighted by atomic mass is 10.0. The molecule has 1 atom stereocenters. The molecule has 1 N–H and O–H groups in total. The fraction of sp³-hybridized carbons (Fsp3) is 0.250. The molecule has 0 spiro atoms. The molecule has 27 heavy (non-hydrogen) atoms. The molecule has 7 heteroatoms. The molecular weight excluding hydrogens is 364 g/mol. The van der Waals surface area contributed by atoms with E-state index in [0.717, 1.165) is 5.69 Å². The normalized spacial score (nSPS) is 18.7. The van der Waals surface area contributed by atoms with Crippen molar-refractivity contribution in [1.82, 2.24) is 10.2 Å². The maximum Gasteiger partial charge on any atom is 0.253 e. The molecule has 4 rings (SSSR count). The van der Waals surface area contributed by atoms with E-state index in [2.05, 4.69) is 16.3 Å². The zero-order valence-electron chi connectivity index (χ0n) is 14.5. The molecule has 136 valence electrons. The van der Waals surface area contributed by atoms with E-state index < -0.39 is 5.50 Å². The number of fused-ring (bicyclic) bond motifs is 1. The molecule has 2 aliphatic heterocycles. The van der Waals surface area contributed by atoms with E-state index in [1.54, 1.807) is 29.2 Å². The lowest BCUT2D eigenvalue weighted by molar-refractivity contribution is 0.0746. The molecule has 6 nitrogen and oxygen atoms in total. The minimum Gasteiger partial charge on any atom is -0.367 e. The van der Waals surface area contributed by atoms with Gasteiger partial charge in [-0.15, -0.1) is 0 Å². The zero-order valence-corrected chi connectivity index (χ0v) is 15.2. The van der Waals surface area contributed by atoms with Crippen molar-refractivity contribution in [2.45, 2.75) is 5.50 Å². The van der Waals surface area contributed by atoms with Crippen LogP contribution >= 0.6 is 11.6 Å². The number of halogens is 1. The van der Waals surface area contributed by atoms with Crippen LogP contribution in [-0.2, 0) is 0 Å². The first-order chi connectivity index (χ1) is 13.1. The van der Waals surface area contributed by atoms with Gasteiger partial charge in [0.25, 0.3) is 11.8 Å². The van der Waals surface area contributed by atoms with Crippen molar-refractivity contribution in [3.05, 3.63) is 64.7 Å². The fourth-order valence-corrected chi connectivity index (χ4v) is 3.84. The minimum atomic E-state index is -0.598. The van der Waals surface area contributed by atoms with Crippen molar-refractivity contribution in [2.24, 2.45) is 0 Å². The molecule has 2 heterocycles. The summed E-state index contributed by atoms with van der Waals surface area (Å²) in [6, 6.07) is 14.7. The Morgan fingerprint density at radius 1 is 1.15 bits per heavy atom. The number of para-hydroxylation sites is 1. The number of amides is 2. The van der Waals surface area contributed by atoms with Crippen molar-refractivity contribution in [1.29, 1.82) is 5.26 Å². The molecule has 1 fully saturated rings. The molecule has 2 aromatic carbocycles. The van der Waals surface area contributed by atoms with E-state index in [0.29, 0.717) is 48.4 Å². The number of piperazine rings is 1. The number of benzene rings is 2. The first-order valence-electron chi connectivity index (χ1n) is 8.70. The second-order valence-electron chi connectivity index (χ2n) is 6.55. The number of nitrogens with one attached hydrogen (secondary N) is 1. The Morgan fingerprint density at radius 3 is 2.63 bits per heavy atom. The Hall–Kier alpha value is -3.04. The number of hydrogen-bond acceptors (Lipinski definition) is 4. The van der Waals surface area contributed by atoms with Crippen LogP contribution in [0.25, 0.3) is 0 Å².